The first kappa shape index (κ1) is 19.6. The number of hydrogen-bond acceptors (Lipinski definition) is 6. The number of methoxy groups -OCH3 is 1. The van der Waals surface area contributed by atoms with E-state index in [1.54, 1.807) is 24.3 Å². The summed E-state index contributed by atoms with van der Waals surface area (Å²) in [6.07, 6.45) is 0. The van der Waals surface area contributed by atoms with Crippen LogP contribution in [-0.4, -0.2) is 41.8 Å². The van der Waals surface area contributed by atoms with Crippen LogP contribution in [0, 0.1) is 0 Å². The predicted octanol–water partition coefficient (Wildman–Crippen LogP) is 2.59. The van der Waals surface area contributed by atoms with Crippen LogP contribution in [0.15, 0.2) is 60.7 Å². The number of aromatic amines is 1. The second-order valence-corrected chi connectivity index (χ2v) is 5.84. The summed E-state index contributed by atoms with van der Waals surface area (Å²) >= 11 is 0. The van der Waals surface area contributed by atoms with E-state index in [4.69, 9.17) is 9.47 Å². The first-order valence-electron chi connectivity index (χ1n) is 8.58. The number of amides is 3. The van der Waals surface area contributed by atoms with Crippen molar-refractivity contribution in [3.63, 3.8) is 0 Å². The number of anilines is 1. The molecule has 1 aromatic heterocycles. The maximum absolute atomic E-state index is 12.0. The minimum Gasteiger partial charge on any atom is -0.497 e. The average Bonchev–Trinajstić information content (AvgIpc) is 3.23. The van der Waals surface area contributed by atoms with Crippen LogP contribution in [0.5, 0.6) is 5.75 Å². The third-order valence-corrected chi connectivity index (χ3v) is 3.80. The second-order valence-electron chi connectivity index (χ2n) is 5.84. The van der Waals surface area contributed by atoms with Crippen molar-refractivity contribution in [2.45, 2.75) is 0 Å². The van der Waals surface area contributed by atoms with Gasteiger partial charge in [-0.05, 0) is 30.3 Å². The molecular weight excluding hydrogens is 376 g/mol. The third kappa shape index (κ3) is 5.42. The average molecular weight is 394 g/mol. The van der Waals surface area contributed by atoms with Gasteiger partial charge in [0, 0.05) is 11.3 Å². The molecular formula is C20H18N4O5. The molecule has 0 bridgehead atoms. The summed E-state index contributed by atoms with van der Waals surface area (Å²) in [5, 5.41) is 11.2. The Hall–Kier alpha value is -4.14. The second kappa shape index (κ2) is 9.18. The normalized spacial score (nSPS) is 10.1. The van der Waals surface area contributed by atoms with Crippen LogP contribution in [0.3, 0.4) is 0 Å². The zero-order valence-corrected chi connectivity index (χ0v) is 15.5. The zero-order chi connectivity index (χ0) is 20.6. The van der Waals surface area contributed by atoms with Gasteiger partial charge in [-0.3, -0.25) is 15.2 Å². The summed E-state index contributed by atoms with van der Waals surface area (Å²) in [5.74, 6) is -0.897. The SMILES string of the molecule is COc1ccc(NC(=O)NC(=O)COC(=O)c2cc(-c3ccccc3)n[nH]2)cc1. The number of urea groups is 1. The molecule has 3 N–H and O–H groups in total. The lowest BCUT2D eigenvalue weighted by Gasteiger charge is -2.07. The standard InChI is InChI=1S/C20H18N4O5/c1-28-15-9-7-14(8-10-15)21-20(27)22-18(25)12-29-19(26)17-11-16(23-24-17)13-5-3-2-4-6-13/h2-11H,12H2,1H3,(H,23,24)(H2,21,22,25,27). The molecule has 0 radical (unpaired) electrons. The van der Waals surface area contributed by atoms with Crippen molar-refractivity contribution in [3.05, 3.63) is 66.4 Å². The molecule has 0 aliphatic carbocycles. The van der Waals surface area contributed by atoms with Crippen LogP contribution in [0.1, 0.15) is 10.5 Å². The van der Waals surface area contributed by atoms with Gasteiger partial charge in [0.05, 0.1) is 12.8 Å². The Balaban J connectivity index is 1.46. The number of benzene rings is 2. The van der Waals surface area contributed by atoms with E-state index in [0.29, 0.717) is 17.1 Å². The first-order valence-corrected chi connectivity index (χ1v) is 8.58. The Kier molecular flexibility index (Phi) is 6.21. The Bertz CT molecular complexity index is 999. The Morgan fingerprint density at radius 1 is 1.03 bits per heavy atom. The number of nitrogens with one attached hydrogen (secondary N) is 3. The summed E-state index contributed by atoms with van der Waals surface area (Å²) in [7, 11) is 1.53. The molecule has 0 aliphatic rings. The summed E-state index contributed by atoms with van der Waals surface area (Å²) in [5.41, 5.74) is 1.97. The number of nitrogens with zero attached hydrogens (tertiary/aromatic N) is 1. The van der Waals surface area contributed by atoms with Crippen molar-refractivity contribution < 1.29 is 23.9 Å². The van der Waals surface area contributed by atoms with E-state index in [9.17, 15) is 14.4 Å². The molecule has 9 nitrogen and oxygen atoms in total. The van der Waals surface area contributed by atoms with Gasteiger partial charge >= 0.3 is 12.0 Å². The van der Waals surface area contributed by atoms with E-state index >= 15 is 0 Å². The number of hydrogen-bond donors (Lipinski definition) is 3. The van der Waals surface area contributed by atoms with Crippen molar-refractivity contribution in [2.24, 2.45) is 0 Å². The molecule has 0 saturated carbocycles. The van der Waals surface area contributed by atoms with Gasteiger partial charge in [0.2, 0.25) is 0 Å². The molecule has 3 amide bonds. The van der Waals surface area contributed by atoms with E-state index in [0.717, 1.165) is 5.56 Å². The van der Waals surface area contributed by atoms with E-state index in [1.807, 2.05) is 30.3 Å². The van der Waals surface area contributed by atoms with Crippen LogP contribution in [0.2, 0.25) is 0 Å². The van der Waals surface area contributed by atoms with Crippen LogP contribution in [0.4, 0.5) is 10.5 Å². The van der Waals surface area contributed by atoms with E-state index in [-0.39, 0.29) is 5.69 Å². The summed E-state index contributed by atoms with van der Waals surface area (Å²) in [6, 6.07) is 16.6. The van der Waals surface area contributed by atoms with Crippen molar-refractivity contribution in [2.75, 3.05) is 19.0 Å². The van der Waals surface area contributed by atoms with Crippen LogP contribution in [-0.2, 0) is 9.53 Å². The number of aromatic nitrogens is 2. The number of rotatable bonds is 6. The molecule has 0 aliphatic heterocycles. The highest BCUT2D eigenvalue weighted by Crippen LogP contribution is 2.17. The summed E-state index contributed by atoms with van der Waals surface area (Å²) in [6.45, 7) is -0.617. The number of carbonyl (C=O) groups excluding carboxylic acids is 3. The summed E-state index contributed by atoms with van der Waals surface area (Å²) in [4.78, 5) is 35.7. The minimum atomic E-state index is -0.771. The molecule has 0 unspecified atom stereocenters. The quantitative estimate of drug-likeness (QED) is 0.553. The number of H-pyrrole nitrogens is 1. The molecule has 29 heavy (non-hydrogen) atoms. The lowest BCUT2D eigenvalue weighted by Crippen LogP contribution is -2.37. The van der Waals surface area contributed by atoms with Gasteiger partial charge < -0.3 is 14.8 Å². The Morgan fingerprint density at radius 3 is 2.45 bits per heavy atom. The van der Waals surface area contributed by atoms with Crippen LogP contribution >= 0.6 is 0 Å². The molecule has 0 spiro atoms. The van der Waals surface area contributed by atoms with Gasteiger partial charge in [-0.25, -0.2) is 9.59 Å². The van der Waals surface area contributed by atoms with Gasteiger partial charge in [-0.2, -0.15) is 5.10 Å². The lowest BCUT2D eigenvalue weighted by molar-refractivity contribution is -0.123. The molecule has 3 aromatic rings. The number of esters is 1. The number of carbonyl (C=O) groups is 3. The number of imide groups is 1. The molecule has 0 fully saturated rings. The van der Waals surface area contributed by atoms with Crippen molar-refractivity contribution in [1.82, 2.24) is 15.5 Å². The topological polar surface area (TPSA) is 122 Å². The smallest absolute Gasteiger partial charge is 0.356 e. The van der Waals surface area contributed by atoms with E-state index in [2.05, 4.69) is 20.8 Å². The first-order chi connectivity index (χ1) is 14.0. The molecule has 1 heterocycles. The van der Waals surface area contributed by atoms with Gasteiger partial charge in [0.1, 0.15) is 11.4 Å². The Morgan fingerprint density at radius 2 is 1.76 bits per heavy atom. The van der Waals surface area contributed by atoms with Gasteiger partial charge in [-0.15, -0.1) is 0 Å². The maximum Gasteiger partial charge on any atom is 0.356 e. The van der Waals surface area contributed by atoms with Gasteiger partial charge in [0.15, 0.2) is 6.61 Å². The minimum absolute atomic E-state index is 0.0966. The van der Waals surface area contributed by atoms with Crippen LogP contribution < -0.4 is 15.4 Å². The summed E-state index contributed by atoms with van der Waals surface area (Å²) < 4.78 is 9.92. The van der Waals surface area contributed by atoms with E-state index in [1.165, 1.54) is 13.2 Å². The fourth-order valence-corrected chi connectivity index (χ4v) is 2.39. The van der Waals surface area contributed by atoms with Crippen molar-refractivity contribution in [1.29, 1.82) is 0 Å². The zero-order valence-electron chi connectivity index (χ0n) is 15.5. The fourth-order valence-electron chi connectivity index (χ4n) is 2.39. The molecule has 148 valence electrons. The third-order valence-electron chi connectivity index (χ3n) is 3.80. The molecule has 0 saturated heterocycles. The maximum atomic E-state index is 12.0. The lowest BCUT2D eigenvalue weighted by atomic mass is 10.1. The fraction of sp³-hybridized carbons (Fsp3) is 0.100. The largest absolute Gasteiger partial charge is 0.497 e. The molecule has 3 rings (SSSR count). The van der Waals surface area contributed by atoms with Crippen molar-refractivity contribution in [3.8, 4) is 17.0 Å². The van der Waals surface area contributed by atoms with E-state index < -0.39 is 24.5 Å². The highest BCUT2D eigenvalue weighted by atomic mass is 16.5. The highest BCUT2D eigenvalue weighted by molar-refractivity contribution is 6.02. The highest BCUT2D eigenvalue weighted by Gasteiger charge is 2.15. The molecule has 0 atom stereocenters. The molecule has 2 aromatic carbocycles. The van der Waals surface area contributed by atoms with Crippen LogP contribution in [0.25, 0.3) is 11.3 Å². The van der Waals surface area contributed by atoms with Gasteiger partial charge in [0.25, 0.3) is 5.91 Å². The predicted molar refractivity (Wildman–Crippen MR) is 104 cm³/mol. The number of ether oxygens (including phenoxy) is 2. The van der Waals surface area contributed by atoms with Gasteiger partial charge in [-0.1, -0.05) is 30.3 Å². The Labute approximate surface area is 166 Å². The molecule has 9 heteroatoms. The van der Waals surface area contributed by atoms with Crippen molar-refractivity contribution >= 4 is 23.6 Å². The monoisotopic (exact) mass is 394 g/mol.